The van der Waals surface area contributed by atoms with Crippen LogP contribution < -0.4 is 0 Å². The Kier molecular flexibility index (Phi) is 5.46. The van der Waals surface area contributed by atoms with Crippen molar-refractivity contribution < 1.29 is 33.4 Å². The first kappa shape index (κ1) is 16.4. The van der Waals surface area contributed by atoms with Crippen molar-refractivity contribution in [2.75, 3.05) is 20.3 Å². The molecule has 1 aliphatic heterocycles. The molecule has 114 valence electrons. The van der Waals surface area contributed by atoms with Gasteiger partial charge in [-0.3, -0.25) is 9.59 Å². The topological polar surface area (TPSA) is 91.4 Å². The SMILES string of the molecule is CCOC(=O)[C@H]1C[C@](OC(C)=O)(C(=O)OCC)ON1C. The molecule has 20 heavy (non-hydrogen) atoms. The number of carbonyl (C=O) groups excluding carboxylic acids is 3. The van der Waals surface area contributed by atoms with Crippen LogP contribution in [0.1, 0.15) is 27.2 Å². The quantitative estimate of drug-likeness (QED) is 0.516. The predicted molar refractivity (Wildman–Crippen MR) is 65.0 cm³/mol. The van der Waals surface area contributed by atoms with Gasteiger partial charge >= 0.3 is 23.7 Å². The van der Waals surface area contributed by atoms with Crippen LogP contribution in [0.4, 0.5) is 0 Å². The molecule has 0 aromatic rings. The summed E-state index contributed by atoms with van der Waals surface area (Å²) < 4.78 is 14.7. The van der Waals surface area contributed by atoms with Crippen LogP contribution in [0.3, 0.4) is 0 Å². The third kappa shape index (κ3) is 3.45. The normalized spacial score (nSPS) is 26.1. The van der Waals surface area contributed by atoms with E-state index in [0.717, 1.165) is 12.0 Å². The van der Waals surface area contributed by atoms with Crippen LogP contribution >= 0.6 is 0 Å². The maximum Gasteiger partial charge on any atom is 0.381 e. The van der Waals surface area contributed by atoms with Gasteiger partial charge in [-0.2, -0.15) is 5.06 Å². The second kappa shape index (κ2) is 6.67. The Balaban J connectivity index is 2.94. The number of hydrogen-bond acceptors (Lipinski definition) is 8. The highest BCUT2D eigenvalue weighted by Gasteiger charge is 2.57. The number of esters is 3. The number of ether oxygens (including phenoxy) is 3. The van der Waals surface area contributed by atoms with E-state index in [0.29, 0.717) is 0 Å². The molecule has 8 nitrogen and oxygen atoms in total. The zero-order valence-corrected chi connectivity index (χ0v) is 12.0. The van der Waals surface area contributed by atoms with Gasteiger partial charge in [0, 0.05) is 14.0 Å². The Morgan fingerprint density at radius 2 is 1.85 bits per heavy atom. The summed E-state index contributed by atoms with van der Waals surface area (Å²) in [6.07, 6.45) is -0.180. The summed E-state index contributed by atoms with van der Waals surface area (Å²) in [5.41, 5.74) is 0. The number of nitrogens with zero attached hydrogens (tertiary/aromatic N) is 1. The second-order valence-electron chi connectivity index (χ2n) is 4.18. The Bertz CT molecular complexity index is 397. The Hall–Kier alpha value is -1.67. The lowest BCUT2D eigenvalue weighted by atomic mass is 10.1. The van der Waals surface area contributed by atoms with Crippen LogP contribution in [-0.2, 0) is 33.4 Å². The monoisotopic (exact) mass is 289 g/mol. The van der Waals surface area contributed by atoms with E-state index >= 15 is 0 Å². The summed E-state index contributed by atoms with van der Waals surface area (Å²) in [6.45, 7) is 4.71. The second-order valence-corrected chi connectivity index (χ2v) is 4.18. The smallest absolute Gasteiger partial charge is 0.381 e. The zero-order chi connectivity index (χ0) is 15.3. The van der Waals surface area contributed by atoms with Crippen LogP contribution in [0.25, 0.3) is 0 Å². The van der Waals surface area contributed by atoms with Gasteiger partial charge in [0.2, 0.25) is 0 Å². The summed E-state index contributed by atoms with van der Waals surface area (Å²) in [5.74, 6) is -4.06. The van der Waals surface area contributed by atoms with E-state index in [1.54, 1.807) is 13.8 Å². The standard InChI is InChI=1S/C12H19NO7/c1-5-17-10(15)9-7-12(19-8(3)14,20-13(9)4)11(16)18-6-2/h9H,5-7H2,1-4H3/t9-,12-/m1/s1. The highest BCUT2D eigenvalue weighted by Crippen LogP contribution is 2.33. The lowest BCUT2D eigenvalue weighted by Gasteiger charge is -2.24. The third-order valence-corrected chi connectivity index (χ3v) is 2.65. The van der Waals surface area contributed by atoms with Gasteiger partial charge in [0.05, 0.1) is 19.6 Å². The molecule has 0 aliphatic carbocycles. The Morgan fingerprint density at radius 1 is 1.25 bits per heavy atom. The molecule has 0 saturated carbocycles. The fourth-order valence-corrected chi connectivity index (χ4v) is 1.88. The molecular weight excluding hydrogens is 270 g/mol. The van der Waals surface area contributed by atoms with Gasteiger partial charge in [-0.25, -0.2) is 9.63 Å². The minimum Gasteiger partial charge on any atom is -0.465 e. The van der Waals surface area contributed by atoms with Gasteiger partial charge in [-0.1, -0.05) is 0 Å². The van der Waals surface area contributed by atoms with E-state index in [9.17, 15) is 14.4 Å². The maximum atomic E-state index is 12.0. The molecular formula is C12H19NO7. The zero-order valence-electron chi connectivity index (χ0n) is 12.0. The van der Waals surface area contributed by atoms with Crippen molar-refractivity contribution in [1.82, 2.24) is 5.06 Å². The third-order valence-electron chi connectivity index (χ3n) is 2.65. The van der Waals surface area contributed by atoms with E-state index in [4.69, 9.17) is 19.0 Å². The van der Waals surface area contributed by atoms with Gasteiger partial charge in [0.25, 0.3) is 0 Å². The molecule has 0 radical (unpaired) electrons. The summed E-state index contributed by atoms with van der Waals surface area (Å²) >= 11 is 0. The summed E-state index contributed by atoms with van der Waals surface area (Å²) in [7, 11) is 1.45. The van der Waals surface area contributed by atoms with Crippen LogP contribution in [-0.4, -0.2) is 55.1 Å². The van der Waals surface area contributed by atoms with Gasteiger partial charge in [-0.05, 0) is 13.8 Å². The van der Waals surface area contributed by atoms with Crippen LogP contribution in [0.5, 0.6) is 0 Å². The van der Waals surface area contributed by atoms with Gasteiger partial charge in [-0.15, -0.1) is 0 Å². The van der Waals surface area contributed by atoms with Crippen LogP contribution in [0.15, 0.2) is 0 Å². The van der Waals surface area contributed by atoms with Crippen molar-refractivity contribution in [3.05, 3.63) is 0 Å². The number of rotatable bonds is 5. The molecule has 0 bridgehead atoms. The van der Waals surface area contributed by atoms with Crippen molar-refractivity contribution in [3.63, 3.8) is 0 Å². The fourth-order valence-electron chi connectivity index (χ4n) is 1.88. The van der Waals surface area contributed by atoms with Crippen LogP contribution in [0.2, 0.25) is 0 Å². The highest BCUT2D eigenvalue weighted by atomic mass is 16.8. The molecule has 0 aromatic carbocycles. The molecule has 1 saturated heterocycles. The predicted octanol–water partition coefficient (Wildman–Crippen LogP) is 0.00770. The lowest BCUT2D eigenvalue weighted by molar-refractivity contribution is -0.283. The van der Waals surface area contributed by atoms with Crippen molar-refractivity contribution in [3.8, 4) is 0 Å². The van der Waals surface area contributed by atoms with Crippen molar-refractivity contribution in [2.45, 2.75) is 39.0 Å². The number of hydroxylamine groups is 2. The van der Waals surface area contributed by atoms with E-state index < -0.39 is 29.7 Å². The van der Waals surface area contributed by atoms with E-state index in [2.05, 4.69) is 0 Å². The summed E-state index contributed by atoms with van der Waals surface area (Å²) in [4.78, 5) is 40.2. The maximum absolute atomic E-state index is 12.0. The minimum absolute atomic E-state index is 0.0962. The first-order chi connectivity index (χ1) is 9.36. The van der Waals surface area contributed by atoms with Gasteiger partial charge < -0.3 is 14.2 Å². The molecule has 1 rings (SSSR count). The van der Waals surface area contributed by atoms with E-state index in [-0.39, 0.29) is 19.6 Å². The lowest BCUT2D eigenvalue weighted by Crippen LogP contribution is -2.44. The molecule has 1 fully saturated rings. The number of carbonyl (C=O) groups is 3. The minimum atomic E-state index is -1.94. The Labute approximate surface area is 116 Å². The molecule has 1 heterocycles. The first-order valence-electron chi connectivity index (χ1n) is 6.31. The van der Waals surface area contributed by atoms with Gasteiger partial charge in [0.1, 0.15) is 6.04 Å². The molecule has 0 N–H and O–H groups in total. The molecule has 0 amide bonds. The van der Waals surface area contributed by atoms with E-state index in [1.165, 1.54) is 7.05 Å². The molecule has 0 aromatic heterocycles. The molecule has 8 heteroatoms. The highest BCUT2D eigenvalue weighted by molar-refractivity contribution is 5.84. The van der Waals surface area contributed by atoms with E-state index in [1.807, 2.05) is 0 Å². The number of hydrogen-bond donors (Lipinski definition) is 0. The average Bonchev–Trinajstić information content (AvgIpc) is 2.67. The fraction of sp³-hybridized carbons (Fsp3) is 0.750. The largest absolute Gasteiger partial charge is 0.465 e. The Morgan fingerprint density at radius 3 is 2.35 bits per heavy atom. The van der Waals surface area contributed by atoms with Crippen molar-refractivity contribution in [1.29, 1.82) is 0 Å². The first-order valence-corrected chi connectivity index (χ1v) is 6.31. The van der Waals surface area contributed by atoms with Gasteiger partial charge in [0.15, 0.2) is 0 Å². The molecule has 0 unspecified atom stereocenters. The van der Waals surface area contributed by atoms with Crippen LogP contribution in [0, 0.1) is 0 Å². The summed E-state index contributed by atoms with van der Waals surface area (Å²) in [5, 5.41) is 1.14. The number of likely N-dealkylation sites (N-methyl/N-ethyl adjacent to an activating group) is 1. The molecule has 0 spiro atoms. The average molecular weight is 289 g/mol. The van der Waals surface area contributed by atoms with Crippen molar-refractivity contribution >= 4 is 17.9 Å². The molecule has 1 aliphatic rings. The molecule has 2 atom stereocenters. The summed E-state index contributed by atoms with van der Waals surface area (Å²) in [6, 6.07) is -0.848. The van der Waals surface area contributed by atoms with Crippen molar-refractivity contribution in [2.24, 2.45) is 0 Å².